The zero-order valence-electron chi connectivity index (χ0n) is 40.6. The minimum atomic E-state index is -2.43. The fourth-order valence-corrected chi connectivity index (χ4v) is 10.1. The predicted molar refractivity (Wildman–Crippen MR) is 245 cm³/mol. The number of fused-ring (bicyclic) bond motifs is 3. The SMILES string of the molecule is COC1C[C@@H]2CC[C@@H](C)[C@@](O)(O2)C(=O)C(=O)N2CCCC[C@H]2C(=O)OC([C@H](C)C[C@@H]2CC[C@@H](O)[C@H](OC)C2)CC(=O)[C@H](C)/C=C(/C)[C@@H](O)[C@@H](OC)C(=O)[C@H](C)C[C@H](C)C=C/C=C/C=C\1C. The standard InChI is InChI=1S/C51H79NO13/c1-30-16-12-11-13-17-31(2)42(61-8)28-38-21-19-36(7)51(60,65-38)48(57)49(58)52-23-15-14-18-39(52)50(59)64-43(33(4)26-37-20-22-40(53)44(27-37)62-9)29-41(54)32(3)25-35(6)46(56)47(63-10)45(55)34(5)24-30/h11-13,16-17,25,30,32-34,36-40,42-44,46-47,53,56,60H,14-15,18-24,26-29H2,1-10H3/b13-11+,16-12?,31-17-,35-25-/t30-,32-,33-,34-,36-,37+,38+,39+,40-,42?,43?,44-,46-,47+,51-/m1/s1. The molecule has 2 saturated heterocycles. The molecule has 1 saturated carbocycles. The number of hydrogen-bond acceptors (Lipinski definition) is 13. The van der Waals surface area contributed by atoms with Crippen molar-refractivity contribution in [2.45, 2.75) is 180 Å². The van der Waals surface area contributed by atoms with Crippen LogP contribution < -0.4 is 0 Å². The Bertz CT molecular complexity index is 1760. The Balaban J connectivity index is 1.70. The number of carbonyl (C=O) groups is 5. The summed E-state index contributed by atoms with van der Waals surface area (Å²) in [6, 6.07) is -1.14. The third kappa shape index (κ3) is 14.3. The van der Waals surface area contributed by atoms with E-state index in [1.165, 1.54) is 12.0 Å². The maximum Gasteiger partial charge on any atom is 0.329 e. The van der Waals surface area contributed by atoms with Gasteiger partial charge >= 0.3 is 5.97 Å². The third-order valence-corrected chi connectivity index (χ3v) is 14.5. The monoisotopic (exact) mass is 914 g/mol. The number of aliphatic hydroxyl groups excluding tert-OH is 2. The first-order chi connectivity index (χ1) is 30.7. The number of piperidine rings is 1. The van der Waals surface area contributed by atoms with Crippen LogP contribution in [0.2, 0.25) is 0 Å². The second kappa shape index (κ2) is 25.1. The van der Waals surface area contributed by atoms with E-state index in [2.05, 4.69) is 0 Å². The number of allylic oxidation sites excluding steroid dienone is 6. The van der Waals surface area contributed by atoms with Crippen LogP contribution in [-0.4, -0.2) is 132 Å². The lowest BCUT2D eigenvalue weighted by molar-refractivity contribution is -0.265. The first-order valence-corrected chi connectivity index (χ1v) is 23.9. The van der Waals surface area contributed by atoms with Crippen LogP contribution in [-0.2, 0) is 47.7 Å². The fourth-order valence-electron chi connectivity index (χ4n) is 10.1. The van der Waals surface area contributed by atoms with E-state index < -0.39 is 83.9 Å². The molecule has 3 fully saturated rings. The number of ether oxygens (including phenoxy) is 5. The molecule has 14 nitrogen and oxygen atoms in total. The van der Waals surface area contributed by atoms with Gasteiger partial charge in [-0.05, 0) is 107 Å². The minimum Gasteiger partial charge on any atom is -0.460 e. The molecule has 2 unspecified atom stereocenters. The first kappa shape index (κ1) is 54.2. The number of nitrogens with zero attached hydrogens (tertiary/aromatic N) is 1. The molecule has 1 amide bonds. The number of methoxy groups -OCH3 is 3. The molecular formula is C51H79NO13. The second-order valence-corrected chi connectivity index (χ2v) is 19.6. The Hall–Kier alpha value is -3.37. The van der Waals surface area contributed by atoms with Gasteiger partial charge in [-0.15, -0.1) is 0 Å². The van der Waals surface area contributed by atoms with Gasteiger partial charge in [-0.1, -0.05) is 71.1 Å². The average molecular weight is 914 g/mol. The van der Waals surface area contributed by atoms with Crippen molar-refractivity contribution >= 4 is 29.2 Å². The van der Waals surface area contributed by atoms with Gasteiger partial charge in [0.05, 0.1) is 24.4 Å². The molecular weight excluding hydrogens is 835 g/mol. The summed E-state index contributed by atoms with van der Waals surface area (Å²) in [7, 11) is 4.52. The van der Waals surface area contributed by atoms with Crippen LogP contribution in [0.5, 0.6) is 0 Å². The Kier molecular flexibility index (Phi) is 21.0. The van der Waals surface area contributed by atoms with Crippen LogP contribution in [0.1, 0.15) is 126 Å². The number of ketones is 3. The highest BCUT2D eigenvalue weighted by atomic mass is 16.6. The Morgan fingerprint density at radius 1 is 0.846 bits per heavy atom. The molecule has 3 N–H and O–H groups in total. The molecule has 65 heavy (non-hydrogen) atoms. The van der Waals surface area contributed by atoms with E-state index in [0.717, 1.165) is 12.0 Å². The lowest BCUT2D eigenvalue weighted by atomic mass is 9.78. The topological polar surface area (TPSA) is 195 Å². The van der Waals surface area contributed by atoms with E-state index in [-0.39, 0.29) is 54.8 Å². The molecule has 0 spiro atoms. The highest BCUT2D eigenvalue weighted by Gasteiger charge is 2.53. The van der Waals surface area contributed by atoms with E-state index in [1.54, 1.807) is 41.1 Å². The van der Waals surface area contributed by atoms with Gasteiger partial charge in [-0.25, -0.2) is 4.79 Å². The van der Waals surface area contributed by atoms with E-state index >= 15 is 0 Å². The molecule has 15 atom stereocenters. The maximum atomic E-state index is 14.4. The molecule has 3 aliphatic heterocycles. The van der Waals surface area contributed by atoms with Gasteiger partial charge in [0.15, 0.2) is 5.78 Å². The van der Waals surface area contributed by atoms with Crippen molar-refractivity contribution < 1.29 is 63.0 Å². The van der Waals surface area contributed by atoms with Crippen molar-refractivity contribution in [1.29, 1.82) is 0 Å². The summed E-state index contributed by atoms with van der Waals surface area (Å²) < 4.78 is 29.4. The first-order valence-electron chi connectivity index (χ1n) is 23.9. The molecule has 14 heteroatoms. The Morgan fingerprint density at radius 2 is 1.57 bits per heavy atom. The van der Waals surface area contributed by atoms with Gasteiger partial charge in [-0.3, -0.25) is 19.2 Å². The number of aliphatic hydroxyl groups is 3. The van der Waals surface area contributed by atoms with Gasteiger partial charge in [-0.2, -0.15) is 0 Å². The number of carbonyl (C=O) groups excluding carboxylic acids is 5. The average Bonchev–Trinajstić information content (AvgIpc) is 3.28. The Labute approximate surface area is 387 Å². The van der Waals surface area contributed by atoms with Crippen molar-refractivity contribution in [2.75, 3.05) is 27.9 Å². The normalized spacial score (nSPS) is 39.9. The largest absolute Gasteiger partial charge is 0.460 e. The van der Waals surface area contributed by atoms with Crippen molar-refractivity contribution in [3.63, 3.8) is 0 Å². The predicted octanol–water partition coefficient (Wildman–Crippen LogP) is 6.18. The van der Waals surface area contributed by atoms with Crippen molar-refractivity contribution in [2.24, 2.45) is 35.5 Å². The number of hydrogen-bond donors (Lipinski definition) is 3. The highest BCUT2D eigenvalue weighted by Crippen LogP contribution is 2.38. The van der Waals surface area contributed by atoms with Crippen LogP contribution in [0.4, 0.5) is 0 Å². The molecule has 1 aliphatic carbocycles. The van der Waals surface area contributed by atoms with Gasteiger partial charge in [0.2, 0.25) is 5.79 Å². The smallest absolute Gasteiger partial charge is 0.329 e. The van der Waals surface area contributed by atoms with E-state index in [0.29, 0.717) is 63.4 Å². The summed E-state index contributed by atoms with van der Waals surface area (Å²) in [6.07, 6.45) is 11.2. The van der Waals surface area contributed by atoms with E-state index in [9.17, 15) is 39.3 Å². The lowest BCUT2D eigenvalue weighted by Gasteiger charge is -2.42. The van der Waals surface area contributed by atoms with Gasteiger partial charge in [0.1, 0.15) is 30.1 Å². The van der Waals surface area contributed by atoms with Crippen molar-refractivity contribution in [3.05, 3.63) is 47.6 Å². The Morgan fingerprint density at radius 3 is 2.25 bits per heavy atom. The lowest BCUT2D eigenvalue weighted by Crippen LogP contribution is -2.61. The summed E-state index contributed by atoms with van der Waals surface area (Å²) in [5, 5.41) is 33.8. The zero-order chi connectivity index (χ0) is 48.2. The second-order valence-electron chi connectivity index (χ2n) is 19.6. The molecule has 0 radical (unpaired) electrons. The number of amides is 1. The number of cyclic esters (lactones) is 1. The molecule has 366 valence electrons. The van der Waals surface area contributed by atoms with Crippen LogP contribution in [0.15, 0.2) is 47.6 Å². The molecule has 2 bridgehead atoms. The maximum absolute atomic E-state index is 14.4. The van der Waals surface area contributed by atoms with Crippen LogP contribution in [0, 0.1) is 35.5 Å². The summed E-state index contributed by atoms with van der Waals surface area (Å²) in [6.45, 7) is 12.7. The highest BCUT2D eigenvalue weighted by molar-refractivity contribution is 6.39. The number of esters is 1. The number of Topliss-reactive ketones (excluding diaryl/α,β-unsaturated/α-hetero) is 3. The summed E-state index contributed by atoms with van der Waals surface area (Å²) >= 11 is 0. The minimum absolute atomic E-state index is 0.0193. The fraction of sp³-hybridized carbons (Fsp3) is 0.745. The summed E-state index contributed by atoms with van der Waals surface area (Å²) in [4.78, 5) is 71.8. The molecule has 4 rings (SSSR count). The quantitative estimate of drug-likeness (QED) is 0.156. The van der Waals surface area contributed by atoms with Crippen LogP contribution >= 0.6 is 0 Å². The van der Waals surface area contributed by atoms with E-state index in [1.807, 2.05) is 58.1 Å². The van der Waals surface area contributed by atoms with Crippen LogP contribution in [0.25, 0.3) is 0 Å². The van der Waals surface area contributed by atoms with Crippen molar-refractivity contribution in [1.82, 2.24) is 4.90 Å². The summed E-state index contributed by atoms with van der Waals surface area (Å²) in [5.74, 6) is -7.96. The number of rotatable bonds is 6. The van der Waals surface area contributed by atoms with Gasteiger partial charge in [0, 0.05) is 58.5 Å². The molecule has 0 aromatic heterocycles. The van der Waals surface area contributed by atoms with Crippen LogP contribution in [0.3, 0.4) is 0 Å². The summed E-state index contributed by atoms with van der Waals surface area (Å²) in [5.41, 5.74) is 1.27. The molecule has 4 aliphatic rings. The molecule has 3 heterocycles. The van der Waals surface area contributed by atoms with Gasteiger partial charge < -0.3 is 43.9 Å². The van der Waals surface area contributed by atoms with Gasteiger partial charge in [0.25, 0.3) is 11.7 Å². The van der Waals surface area contributed by atoms with Crippen molar-refractivity contribution in [3.8, 4) is 0 Å². The van der Waals surface area contributed by atoms with E-state index in [4.69, 9.17) is 23.7 Å². The molecule has 0 aromatic carbocycles. The zero-order valence-corrected chi connectivity index (χ0v) is 40.6. The third-order valence-electron chi connectivity index (χ3n) is 14.5. The molecule has 0 aromatic rings.